The van der Waals surface area contributed by atoms with Crippen molar-refractivity contribution in [2.45, 2.75) is 72.3 Å². The summed E-state index contributed by atoms with van der Waals surface area (Å²) >= 11 is 0. The minimum absolute atomic E-state index is 0.0344. The molecular formula is C19H30FN. The zero-order chi connectivity index (χ0) is 15.5. The molecule has 0 amide bonds. The molecule has 0 aliphatic heterocycles. The largest absolute Gasteiger partial charge is 0.309 e. The van der Waals surface area contributed by atoms with Gasteiger partial charge in [0.05, 0.1) is 0 Å². The minimum Gasteiger partial charge on any atom is -0.309 e. The van der Waals surface area contributed by atoms with Gasteiger partial charge in [-0.3, -0.25) is 0 Å². The Hall–Kier alpha value is -0.890. The minimum atomic E-state index is -0.0344. The molecule has 1 fully saturated rings. The Bertz CT molecular complexity index is 451. The van der Waals surface area contributed by atoms with Crippen molar-refractivity contribution in [3.63, 3.8) is 0 Å². The van der Waals surface area contributed by atoms with E-state index in [4.69, 9.17) is 0 Å². The summed E-state index contributed by atoms with van der Waals surface area (Å²) in [5.41, 5.74) is 3.18. The number of hydrogen-bond acceptors (Lipinski definition) is 1. The Labute approximate surface area is 129 Å². The molecule has 1 aromatic carbocycles. The predicted octanol–water partition coefficient (Wildman–Crippen LogP) is 5.45. The van der Waals surface area contributed by atoms with E-state index in [9.17, 15) is 4.39 Å². The number of nitrogens with one attached hydrogen (secondary N) is 1. The summed E-state index contributed by atoms with van der Waals surface area (Å²) in [6, 6.07) is 3.94. The lowest BCUT2D eigenvalue weighted by Crippen LogP contribution is -2.39. The van der Waals surface area contributed by atoms with Gasteiger partial charge in [-0.05, 0) is 62.3 Å². The van der Waals surface area contributed by atoms with E-state index in [-0.39, 0.29) is 17.3 Å². The molecule has 0 spiro atoms. The van der Waals surface area contributed by atoms with Crippen LogP contribution in [0.1, 0.15) is 75.1 Å². The predicted molar refractivity (Wildman–Crippen MR) is 88.1 cm³/mol. The molecule has 0 radical (unpaired) electrons. The first-order chi connectivity index (χ1) is 9.98. The quantitative estimate of drug-likeness (QED) is 0.760. The number of aryl methyl sites for hydroxylation is 2. The maximum absolute atomic E-state index is 14.7. The summed E-state index contributed by atoms with van der Waals surface area (Å²) < 4.78 is 14.7. The van der Waals surface area contributed by atoms with Crippen molar-refractivity contribution >= 4 is 0 Å². The van der Waals surface area contributed by atoms with E-state index < -0.39 is 0 Å². The normalized spacial score (nSPS) is 19.5. The first-order valence-electron chi connectivity index (χ1n) is 8.48. The van der Waals surface area contributed by atoms with Crippen LogP contribution in [0.25, 0.3) is 0 Å². The lowest BCUT2D eigenvalue weighted by atomic mass is 9.68. The summed E-state index contributed by atoms with van der Waals surface area (Å²) in [5, 5.41) is 3.66. The molecule has 1 saturated carbocycles. The Morgan fingerprint density at radius 3 is 2.43 bits per heavy atom. The summed E-state index contributed by atoms with van der Waals surface area (Å²) in [6.07, 6.45) is 7.34. The molecule has 1 unspecified atom stereocenters. The molecular weight excluding hydrogens is 261 g/mol. The van der Waals surface area contributed by atoms with Gasteiger partial charge in [-0.25, -0.2) is 4.39 Å². The maximum Gasteiger partial charge on any atom is 0.128 e. The van der Waals surface area contributed by atoms with Crippen LogP contribution in [-0.2, 0) is 0 Å². The van der Waals surface area contributed by atoms with E-state index in [2.05, 4.69) is 32.2 Å². The van der Waals surface area contributed by atoms with Crippen molar-refractivity contribution in [2.24, 2.45) is 5.41 Å². The average molecular weight is 291 g/mol. The zero-order valence-corrected chi connectivity index (χ0v) is 14.1. The summed E-state index contributed by atoms with van der Waals surface area (Å²) in [6.45, 7) is 9.49. The van der Waals surface area contributed by atoms with Crippen LogP contribution in [0.15, 0.2) is 12.1 Å². The fourth-order valence-corrected chi connectivity index (χ4v) is 3.93. The van der Waals surface area contributed by atoms with Gasteiger partial charge < -0.3 is 5.32 Å². The Balaban J connectivity index is 2.40. The fraction of sp³-hybridized carbons (Fsp3) is 0.684. The summed E-state index contributed by atoms with van der Waals surface area (Å²) in [7, 11) is 0. The van der Waals surface area contributed by atoms with Crippen molar-refractivity contribution in [1.82, 2.24) is 5.32 Å². The maximum atomic E-state index is 14.7. The van der Waals surface area contributed by atoms with Gasteiger partial charge in [0.1, 0.15) is 5.82 Å². The molecule has 118 valence electrons. The highest BCUT2D eigenvalue weighted by molar-refractivity contribution is 5.35. The third-order valence-electron chi connectivity index (χ3n) is 5.06. The smallest absolute Gasteiger partial charge is 0.128 e. The second-order valence-corrected chi connectivity index (χ2v) is 7.08. The lowest BCUT2D eigenvalue weighted by Gasteiger charge is -2.42. The molecule has 21 heavy (non-hydrogen) atoms. The van der Waals surface area contributed by atoms with Crippen molar-refractivity contribution in [2.75, 3.05) is 6.54 Å². The van der Waals surface area contributed by atoms with Gasteiger partial charge in [0.15, 0.2) is 0 Å². The van der Waals surface area contributed by atoms with E-state index in [0.29, 0.717) is 0 Å². The highest BCUT2D eigenvalue weighted by Crippen LogP contribution is 2.47. The molecule has 1 atom stereocenters. The van der Waals surface area contributed by atoms with Gasteiger partial charge >= 0.3 is 0 Å². The molecule has 1 aliphatic carbocycles. The number of hydrogen-bond donors (Lipinski definition) is 1. The molecule has 0 heterocycles. The monoisotopic (exact) mass is 291 g/mol. The topological polar surface area (TPSA) is 12.0 Å². The number of rotatable bonds is 5. The van der Waals surface area contributed by atoms with Crippen LogP contribution in [0.4, 0.5) is 4.39 Å². The fourth-order valence-electron chi connectivity index (χ4n) is 3.93. The standard InChI is InChI=1S/C19H30FN/c1-5-11-21-18(19(4)9-7-6-8-10-19)17-15(3)12-14(2)13-16(17)20/h12-13,18,21H,5-11H2,1-4H3. The average Bonchev–Trinajstić information content (AvgIpc) is 2.42. The molecule has 0 bridgehead atoms. The number of halogens is 1. The molecule has 1 nitrogen and oxygen atoms in total. The molecule has 0 aromatic heterocycles. The van der Waals surface area contributed by atoms with Gasteiger partial charge in [-0.2, -0.15) is 0 Å². The van der Waals surface area contributed by atoms with Gasteiger partial charge in [-0.1, -0.05) is 39.2 Å². The lowest BCUT2D eigenvalue weighted by molar-refractivity contribution is 0.141. The molecule has 1 aliphatic rings. The van der Waals surface area contributed by atoms with E-state index in [1.165, 1.54) is 32.1 Å². The van der Waals surface area contributed by atoms with Crippen LogP contribution in [0.5, 0.6) is 0 Å². The second kappa shape index (κ2) is 6.91. The first kappa shape index (κ1) is 16.5. The van der Waals surface area contributed by atoms with E-state index in [0.717, 1.165) is 29.7 Å². The van der Waals surface area contributed by atoms with Crippen LogP contribution in [0.2, 0.25) is 0 Å². The molecule has 2 heteroatoms. The van der Waals surface area contributed by atoms with Crippen LogP contribution in [0.3, 0.4) is 0 Å². The Kier molecular flexibility index (Phi) is 5.43. The second-order valence-electron chi connectivity index (χ2n) is 7.08. The van der Waals surface area contributed by atoms with E-state index >= 15 is 0 Å². The molecule has 2 rings (SSSR count). The van der Waals surface area contributed by atoms with E-state index in [1.807, 2.05) is 6.92 Å². The summed E-state index contributed by atoms with van der Waals surface area (Å²) in [4.78, 5) is 0. The summed E-state index contributed by atoms with van der Waals surface area (Å²) in [5.74, 6) is -0.0344. The van der Waals surface area contributed by atoms with Crippen LogP contribution >= 0.6 is 0 Å². The number of benzene rings is 1. The Morgan fingerprint density at radius 2 is 1.86 bits per heavy atom. The molecule has 1 N–H and O–H groups in total. The van der Waals surface area contributed by atoms with Gasteiger partial charge in [0.2, 0.25) is 0 Å². The van der Waals surface area contributed by atoms with E-state index in [1.54, 1.807) is 6.07 Å². The van der Waals surface area contributed by atoms with Gasteiger partial charge in [-0.15, -0.1) is 0 Å². The highest BCUT2D eigenvalue weighted by atomic mass is 19.1. The van der Waals surface area contributed by atoms with Crippen molar-refractivity contribution in [3.05, 3.63) is 34.6 Å². The third-order valence-corrected chi connectivity index (χ3v) is 5.06. The first-order valence-corrected chi connectivity index (χ1v) is 8.48. The van der Waals surface area contributed by atoms with Crippen LogP contribution < -0.4 is 5.32 Å². The van der Waals surface area contributed by atoms with Gasteiger partial charge in [0.25, 0.3) is 0 Å². The van der Waals surface area contributed by atoms with Gasteiger partial charge in [0, 0.05) is 11.6 Å². The SMILES string of the molecule is CCCNC(c1c(C)cc(C)cc1F)C1(C)CCCCC1. The van der Waals surface area contributed by atoms with Crippen LogP contribution in [0, 0.1) is 25.1 Å². The van der Waals surface area contributed by atoms with Crippen molar-refractivity contribution in [3.8, 4) is 0 Å². The third kappa shape index (κ3) is 3.66. The molecule has 0 saturated heterocycles. The van der Waals surface area contributed by atoms with Crippen molar-refractivity contribution < 1.29 is 4.39 Å². The molecule has 1 aromatic rings. The van der Waals surface area contributed by atoms with Crippen LogP contribution in [-0.4, -0.2) is 6.54 Å². The van der Waals surface area contributed by atoms with Crippen molar-refractivity contribution in [1.29, 1.82) is 0 Å². The Morgan fingerprint density at radius 1 is 1.19 bits per heavy atom. The zero-order valence-electron chi connectivity index (χ0n) is 14.1. The highest BCUT2D eigenvalue weighted by Gasteiger charge is 2.38.